The van der Waals surface area contributed by atoms with E-state index in [2.05, 4.69) is 10.00 Å². The smallest absolute Gasteiger partial charge is 0.332 e. The number of hydrogen-bond acceptors (Lipinski definition) is 7. The summed E-state index contributed by atoms with van der Waals surface area (Å²) in [5.74, 6) is 2.05. The molecule has 0 bridgehead atoms. The van der Waals surface area contributed by atoms with Crippen molar-refractivity contribution in [1.29, 1.82) is 0 Å². The molecular formula is C18H20N4O5. The second-order valence-corrected chi connectivity index (χ2v) is 7.36. The molecule has 0 aliphatic carbocycles. The van der Waals surface area contributed by atoms with E-state index >= 15 is 0 Å². The summed E-state index contributed by atoms with van der Waals surface area (Å²) in [6, 6.07) is 5.97. The highest BCUT2D eigenvalue weighted by Crippen LogP contribution is 2.35. The topological polar surface area (TPSA) is 87.8 Å². The van der Waals surface area contributed by atoms with Gasteiger partial charge >= 0.3 is 11.1 Å². The maximum atomic E-state index is 12.3. The fourth-order valence-corrected chi connectivity index (χ4v) is 4.07. The minimum Gasteiger partial charge on any atom is -0.454 e. The van der Waals surface area contributed by atoms with Crippen LogP contribution >= 0.6 is 0 Å². The lowest BCUT2D eigenvalue weighted by Crippen LogP contribution is -2.52. The molecule has 5 rings (SSSR count). The highest BCUT2D eigenvalue weighted by Gasteiger charge is 2.43. The van der Waals surface area contributed by atoms with Crippen LogP contribution in [-0.2, 0) is 31.5 Å². The van der Waals surface area contributed by atoms with E-state index in [0.717, 1.165) is 41.3 Å². The molecule has 9 heteroatoms. The van der Waals surface area contributed by atoms with Crippen LogP contribution in [0.3, 0.4) is 0 Å². The van der Waals surface area contributed by atoms with Crippen LogP contribution in [0.4, 0.5) is 0 Å². The molecule has 1 spiro atoms. The Bertz CT molecular complexity index is 1030. The van der Waals surface area contributed by atoms with Gasteiger partial charge in [0, 0.05) is 26.7 Å². The Kier molecular flexibility index (Phi) is 3.63. The number of rotatable bonds is 2. The average molecular weight is 372 g/mol. The van der Waals surface area contributed by atoms with E-state index in [1.165, 1.54) is 11.6 Å². The van der Waals surface area contributed by atoms with Crippen molar-refractivity contribution in [1.82, 2.24) is 19.2 Å². The van der Waals surface area contributed by atoms with Gasteiger partial charge in [-0.1, -0.05) is 6.07 Å². The first kappa shape index (κ1) is 16.5. The largest absolute Gasteiger partial charge is 0.454 e. The molecule has 0 amide bonds. The Morgan fingerprint density at radius 2 is 2.00 bits per heavy atom. The number of aryl methyl sites for hydroxylation is 1. The molecule has 0 N–H and O–H groups in total. The van der Waals surface area contributed by atoms with Crippen molar-refractivity contribution in [3.63, 3.8) is 0 Å². The Labute approximate surface area is 154 Å². The van der Waals surface area contributed by atoms with Gasteiger partial charge in [-0.25, -0.2) is 4.68 Å². The highest BCUT2D eigenvalue weighted by molar-refractivity contribution is 5.44. The minimum atomic E-state index is -0.606. The summed E-state index contributed by atoms with van der Waals surface area (Å²) in [4.78, 5) is 26.6. The first-order chi connectivity index (χ1) is 13.0. The van der Waals surface area contributed by atoms with Gasteiger partial charge in [0.15, 0.2) is 17.3 Å². The molecular weight excluding hydrogens is 352 g/mol. The van der Waals surface area contributed by atoms with Crippen LogP contribution in [-0.4, -0.2) is 44.7 Å². The molecule has 1 saturated heterocycles. The lowest BCUT2D eigenvalue weighted by molar-refractivity contribution is -0.0858. The third-order valence-electron chi connectivity index (χ3n) is 5.49. The van der Waals surface area contributed by atoms with Gasteiger partial charge in [0.1, 0.15) is 12.2 Å². The summed E-state index contributed by atoms with van der Waals surface area (Å²) in [7, 11) is 1.48. The summed E-state index contributed by atoms with van der Waals surface area (Å²) in [6.07, 6.45) is 0.804. The van der Waals surface area contributed by atoms with E-state index in [1.54, 1.807) is 0 Å². The Morgan fingerprint density at radius 3 is 2.89 bits per heavy atom. The van der Waals surface area contributed by atoms with E-state index in [-0.39, 0.29) is 13.4 Å². The highest BCUT2D eigenvalue weighted by atomic mass is 16.7. The van der Waals surface area contributed by atoms with Gasteiger partial charge in [0.25, 0.3) is 0 Å². The normalized spacial score (nSPS) is 23.7. The summed E-state index contributed by atoms with van der Waals surface area (Å²) in [6.45, 7) is 3.18. The molecule has 1 fully saturated rings. The Morgan fingerprint density at radius 1 is 1.15 bits per heavy atom. The molecule has 2 aromatic rings. The number of likely N-dealkylation sites (tertiary alicyclic amines) is 1. The van der Waals surface area contributed by atoms with E-state index < -0.39 is 16.7 Å². The van der Waals surface area contributed by atoms with Crippen LogP contribution in [0.2, 0.25) is 0 Å². The quantitative estimate of drug-likeness (QED) is 0.677. The molecule has 1 aromatic carbocycles. The van der Waals surface area contributed by atoms with Gasteiger partial charge in [-0.15, -0.1) is 0 Å². The molecule has 27 heavy (non-hydrogen) atoms. The molecule has 142 valence electrons. The van der Waals surface area contributed by atoms with Crippen molar-refractivity contribution in [3.05, 3.63) is 50.3 Å². The van der Waals surface area contributed by atoms with E-state index in [0.29, 0.717) is 18.9 Å². The first-order valence-corrected chi connectivity index (χ1v) is 8.95. The van der Waals surface area contributed by atoms with Crippen LogP contribution in [0.15, 0.2) is 27.8 Å². The van der Waals surface area contributed by atoms with Crippen molar-refractivity contribution >= 4 is 0 Å². The first-order valence-electron chi connectivity index (χ1n) is 8.95. The van der Waals surface area contributed by atoms with Crippen LogP contribution in [0.1, 0.15) is 17.8 Å². The van der Waals surface area contributed by atoms with Crippen molar-refractivity contribution in [2.45, 2.75) is 31.7 Å². The van der Waals surface area contributed by atoms with Crippen molar-refractivity contribution in [3.8, 4) is 11.5 Å². The van der Waals surface area contributed by atoms with Crippen molar-refractivity contribution < 1.29 is 14.2 Å². The lowest BCUT2D eigenvalue weighted by atomic mass is 10.0. The second kappa shape index (κ2) is 5.93. The standard InChI is InChI=1S/C18H20N4O5/c1-20-16(23)17(24)22-10-18(27-8-15(22)19-20)4-5-21(9-18)7-12-2-3-13-14(6-12)26-11-25-13/h2-3,6H,4-5,7-11H2,1H3/t18-/m1/s1. The summed E-state index contributed by atoms with van der Waals surface area (Å²) < 4.78 is 19.5. The minimum absolute atomic E-state index is 0.237. The maximum Gasteiger partial charge on any atom is 0.332 e. The average Bonchev–Trinajstić information content (AvgIpc) is 3.28. The van der Waals surface area contributed by atoms with E-state index in [9.17, 15) is 9.59 Å². The SMILES string of the molecule is Cn1nc2n(c(=O)c1=O)C[C@]1(CCN(Cc3ccc4c(c3)OCO4)C1)OC2. The van der Waals surface area contributed by atoms with Crippen LogP contribution in [0, 0.1) is 0 Å². The molecule has 0 saturated carbocycles. The molecule has 1 atom stereocenters. The molecule has 9 nitrogen and oxygen atoms in total. The zero-order valence-corrected chi connectivity index (χ0v) is 15.0. The molecule has 3 aliphatic rings. The van der Waals surface area contributed by atoms with Gasteiger partial charge in [0.2, 0.25) is 6.79 Å². The van der Waals surface area contributed by atoms with Gasteiger partial charge < -0.3 is 14.2 Å². The van der Waals surface area contributed by atoms with Gasteiger partial charge in [-0.2, -0.15) is 5.10 Å². The maximum absolute atomic E-state index is 12.3. The fourth-order valence-electron chi connectivity index (χ4n) is 4.07. The van der Waals surface area contributed by atoms with Crippen LogP contribution in [0.5, 0.6) is 11.5 Å². The third kappa shape index (κ3) is 2.74. The molecule has 0 radical (unpaired) electrons. The van der Waals surface area contributed by atoms with Gasteiger partial charge in [0.05, 0.1) is 6.54 Å². The summed E-state index contributed by atoms with van der Waals surface area (Å²) in [5, 5.41) is 4.15. The Balaban J connectivity index is 1.34. The van der Waals surface area contributed by atoms with E-state index in [1.807, 2.05) is 18.2 Å². The van der Waals surface area contributed by atoms with Gasteiger partial charge in [-0.05, 0) is 24.1 Å². The number of hydrogen-bond donors (Lipinski definition) is 0. The second-order valence-electron chi connectivity index (χ2n) is 7.36. The van der Waals surface area contributed by atoms with Gasteiger partial charge in [-0.3, -0.25) is 19.1 Å². The van der Waals surface area contributed by atoms with Crippen LogP contribution in [0.25, 0.3) is 0 Å². The molecule has 3 aliphatic heterocycles. The van der Waals surface area contributed by atoms with E-state index in [4.69, 9.17) is 14.2 Å². The van der Waals surface area contributed by atoms with Crippen molar-refractivity contribution in [2.24, 2.45) is 7.05 Å². The number of ether oxygens (including phenoxy) is 3. The van der Waals surface area contributed by atoms with Crippen molar-refractivity contribution in [2.75, 3.05) is 19.9 Å². The summed E-state index contributed by atoms with van der Waals surface area (Å²) >= 11 is 0. The summed E-state index contributed by atoms with van der Waals surface area (Å²) in [5.41, 5.74) is -0.452. The Hall–Kier alpha value is -2.65. The lowest BCUT2D eigenvalue weighted by Gasteiger charge is -2.35. The van der Waals surface area contributed by atoms with Crippen LogP contribution < -0.4 is 20.6 Å². The number of benzene rings is 1. The number of fused-ring (bicyclic) bond motifs is 2. The third-order valence-corrected chi connectivity index (χ3v) is 5.49. The zero-order chi connectivity index (χ0) is 18.6. The fraction of sp³-hybridized carbons (Fsp3) is 0.500. The monoisotopic (exact) mass is 372 g/mol. The predicted molar refractivity (Wildman–Crippen MR) is 93.7 cm³/mol. The predicted octanol–water partition coefficient (Wildman–Crippen LogP) is -0.154. The molecule has 4 heterocycles. The number of aromatic nitrogens is 3. The number of nitrogens with zero attached hydrogens (tertiary/aromatic N) is 4. The molecule has 0 unspecified atom stereocenters. The zero-order valence-electron chi connectivity index (χ0n) is 15.0. The molecule has 1 aromatic heterocycles.